The SMILES string of the molecule is C.C/C=C/CCc1ccc(-c2ccc(C3CCC(CC)CC3)cc2)cc1.CC. The van der Waals surface area contributed by atoms with Gasteiger partial charge in [-0.3, -0.25) is 0 Å². The predicted molar refractivity (Wildman–Crippen MR) is 128 cm³/mol. The molecule has 0 spiro atoms. The standard InChI is InChI=1S/C25H32.C2H6.CH4/c1-3-5-6-7-21-10-14-23(15-11-21)25-18-16-24(17-19-25)22-12-8-20(4-2)9-13-22;1-2;/h3,5,10-11,14-20,22H,4,6-9,12-13H2,1-2H3;1-2H3;1H4/b5-3+;;. The maximum absolute atomic E-state index is 2.37. The molecule has 2 aromatic rings. The molecule has 1 aliphatic rings. The monoisotopic (exact) mass is 378 g/mol. The van der Waals surface area contributed by atoms with E-state index in [1.54, 1.807) is 5.56 Å². The first-order valence-corrected chi connectivity index (χ1v) is 11.1. The maximum atomic E-state index is 2.37. The summed E-state index contributed by atoms with van der Waals surface area (Å²) in [6.07, 6.45) is 13.6. The Balaban J connectivity index is 0.00000127. The Bertz CT molecular complexity index is 652. The van der Waals surface area contributed by atoms with Gasteiger partial charge in [0.15, 0.2) is 0 Å². The molecule has 154 valence electrons. The lowest BCUT2D eigenvalue weighted by molar-refractivity contribution is 0.319. The first-order valence-electron chi connectivity index (χ1n) is 11.1. The zero-order valence-corrected chi connectivity index (χ0v) is 17.9. The summed E-state index contributed by atoms with van der Waals surface area (Å²) in [7, 11) is 0. The van der Waals surface area contributed by atoms with Crippen molar-refractivity contribution in [1.82, 2.24) is 0 Å². The van der Waals surface area contributed by atoms with Crippen molar-refractivity contribution in [1.29, 1.82) is 0 Å². The number of benzene rings is 2. The van der Waals surface area contributed by atoms with Crippen molar-refractivity contribution in [3.63, 3.8) is 0 Å². The first-order chi connectivity index (χ1) is 13.3. The Kier molecular flexibility index (Phi) is 11.6. The van der Waals surface area contributed by atoms with Gasteiger partial charge in [-0.15, -0.1) is 0 Å². The van der Waals surface area contributed by atoms with Crippen molar-refractivity contribution in [2.24, 2.45) is 5.92 Å². The molecule has 0 heteroatoms. The average Bonchev–Trinajstić information content (AvgIpc) is 2.76. The summed E-state index contributed by atoms with van der Waals surface area (Å²) in [6, 6.07) is 18.5. The van der Waals surface area contributed by atoms with Gasteiger partial charge in [0.1, 0.15) is 0 Å². The van der Waals surface area contributed by atoms with E-state index in [0.29, 0.717) is 0 Å². The molecular weight excluding hydrogens is 336 g/mol. The summed E-state index contributed by atoms with van der Waals surface area (Å²) in [5.74, 6) is 1.76. The molecule has 1 saturated carbocycles. The highest BCUT2D eigenvalue weighted by Crippen LogP contribution is 2.37. The minimum atomic E-state index is 0. The van der Waals surface area contributed by atoms with Crippen LogP contribution in [0.15, 0.2) is 60.7 Å². The van der Waals surface area contributed by atoms with Gasteiger partial charge in [0.2, 0.25) is 0 Å². The van der Waals surface area contributed by atoms with Crippen LogP contribution in [0.5, 0.6) is 0 Å². The second kappa shape index (κ2) is 13.4. The average molecular weight is 379 g/mol. The summed E-state index contributed by atoms with van der Waals surface area (Å²) in [5.41, 5.74) is 5.63. The van der Waals surface area contributed by atoms with Crippen LogP contribution in [0.3, 0.4) is 0 Å². The highest BCUT2D eigenvalue weighted by molar-refractivity contribution is 5.64. The van der Waals surface area contributed by atoms with Crippen LogP contribution in [0.25, 0.3) is 11.1 Å². The molecule has 28 heavy (non-hydrogen) atoms. The maximum Gasteiger partial charge on any atom is -0.0162 e. The molecule has 0 N–H and O–H groups in total. The molecule has 2 aromatic carbocycles. The Hall–Kier alpha value is -1.82. The van der Waals surface area contributed by atoms with Gasteiger partial charge in [-0.2, -0.15) is 0 Å². The van der Waals surface area contributed by atoms with Crippen molar-refractivity contribution >= 4 is 0 Å². The van der Waals surface area contributed by atoms with Crippen molar-refractivity contribution in [3.8, 4) is 11.1 Å². The van der Waals surface area contributed by atoms with Gasteiger partial charge in [-0.1, -0.05) is 95.3 Å². The highest BCUT2D eigenvalue weighted by Gasteiger charge is 2.21. The van der Waals surface area contributed by atoms with Gasteiger partial charge >= 0.3 is 0 Å². The summed E-state index contributed by atoms with van der Waals surface area (Å²) >= 11 is 0. The van der Waals surface area contributed by atoms with E-state index in [1.165, 1.54) is 48.8 Å². The van der Waals surface area contributed by atoms with E-state index in [9.17, 15) is 0 Å². The van der Waals surface area contributed by atoms with Gasteiger partial charge in [0.05, 0.1) is 0 Å². The number of hydrogen-bond acceptors (Lipinski definition) is 0. The van der Waals surface area contributed by atoms with Crippen molar-refractivity contribution in [3.05, 3.63) is 71.8 Å². The van der Waals surface area contributed by atoms with Gasteiger partial charge in [-0.25, -0.2) is 0 Å². The minimum absolute atomic E-state index is 0. The van der Waals surface area contributed by atoms with E-state index in [2.05, 4.69) is 74.5 Å². The van der Waals surface area contributed by atoms with Crippen LogP contribution < -0.4 is 0 Å². The van der Waals surface area contributed by atoms with Gasteiger partial charge in [0.25, 0.3) is 0 Å². The number of allylic oxidation sites excluding steroid dienone is 2. The summed E-state index contributed by atoms with van der Waals surface area (Å²) in [4.78, 5) is 0. The summed E-state index contributed by atoms with van der Waals surface area (Å²) in [6.45, 7) is 8.42. The lowest BCUT2D eigenvalue weighted by Crippen LogP contribution is -2.12. The van der Waals surface area contributed by atoms with Crippen LogP contribution in [0.1, 0.15) is 90.7 Å². The minimum Gasteiger partial charge on any atom is -0.0917 e. The lowest BCUT2D eigenvalue weighted by atomic mass is 9.77. The van der Waals surface area contributed by atoms with E-state index in [4.69, 9.17) is 0 Å². The molecule has 0 amide bonds. The van der Waals surface area contributed by atoms with Crippen LogP contribution >= 0.6 is 0 Å². The van der Waals surface area contributed by atoms with E-state index in [0.717, 1.165) is 24.7 Å². The molecule has 1 fully saturated rings. The smallest absolute Gasteiger partial charge is 0.0162 e. The Labute approximate surface area is 175 Å². The third kappa shape index (κ3) is 6.97. The van der Waals surface area contributed by atoms with Crippen LogP contribution in [-0.2, 0) is 6.42 Å². The molecule has 0 saturated heterocycles. The fourth-order valence-electron chi connectivity index (χ4n) is 4.13. The van der Waals surface area contributed by atoms with Crippen LogP contribution in [0.4, 0.5) is 0 Å². The van der Waals surface area contributed by atoms with Crippen molar-refractivity contribution in [2.45, 2.75) is 86.0 Å². The van der Waals surface area contributed by atoms with E-state index in [1.807, 2.05) is 13.8 Å². The molecule has 0 radical (unpaired) electrons. The molecule has 0 unspecified atom stereocenters. The van der Waals surface area contributed by atoms with E-state index >= 15 is 0 Å². The second-order valence-corrected chi connectivity index (χ2v) is 7.55. The van der Waals surface area contributed by atoms with E-state index < -0.39 is 0 Å². The molecule has 1 aliphatic carbocycles. The molecule has 0 aliphatic heterocycles. The largest absolute Gasteiger partial charge is 0.0917 e. The van der Waals surface area contributed by atoms with Gasteiger partial charge in [0, 0.05) is 0 Å². The Morgan fingerprint density at radius 1 is 0.821 bits per heavy atom. The molecule has 0 bridgehead atoms. The zero-order valence-electron chi connectivity index (χ0n) is 17.9. The second-order valence-electron chi connectivity index (χ2n) is 7.55. The van der Waals surface area contributed by atoms with Gasteiger partial charge < -0.3 is 0 Å². The third-order valence-corrected chi connectivity index (χ3v) is 5.93. The normalized spacial score (nSPS) is 18.9. The molecule has 3 rings (SSSR count). The number of hydrogen-bond donors (Lipinski definition) is 0. The molecule has 0 aromatic heterocycles. The first kappa shape index (κ1) is 24.2. The van der Waals surface area contributed by atoms with Crippen LogP contribution in [-0.4, -0.2) is 0 Å². The summed E-state index contributed by atoms with van der Waals surface area (Å²) in [5, 5.41) is 0. The molecule has 0 atom stereocenters. The topological polar surface area (TPSA) is 0 Å². The van der Waals surface area contributed by atoms with Crippen molar-refractivity contribution in [2.75, 3.05) is 0 Å². The number of rotatable bonds is 6. The fourth-order valence-corrected chi connectivity index (χ4v) is 4.13. The third-order valence-electron chi connectivity index (χ3n) is 5.93. The zero-order chi connectivity index (χ0) is 19.5. The van der Waals surface area contributed by atoms with Crippen LogP contribution in [0.2, 0.25) is 0 Å². The Morgan fingerprint density at radius 3 is 1.86 bits per heavy atom. The molecular formula is C28H42. The van der Waals surface area contributed by atoms with Crippen LogP contribution in [0, 0.1) is 5.92 Å². The molecule has 0 heterocycles. The number of aryl methyl sites for hydroxylation is 1. The quantitative estimate of drug-likeness (QED) is 0.439. The predicted octanol–water partition coefficient (Wildman–Crippen LogP) is 9.21. The molecule has 0 nitrogen and oxygen atoms in total. The fraction of sp³-hybridized carbons (Fsp3) is 0.500. The summed E-state index contributed by atoms with van der Waals surface area (Å²) < 4.78 is 0. The highest BCUT2D eigenvalue weighted by atomic mass is 14.3. The van der Waals surface area contributed by atoms with E-state index in [-0.39, 0.29) is 7.43 Å². The van der Waals surface area contributed by atoms with Gasteiger partial charge in [-0.05, 0) is 79.5 Å². The Morgan fingerprint density at radius 2 is 1.36 bits per heavy atom. The van der Waals surface area contributed by atoms with Crippen molar-refractivity contribution < 1.29 is 0 Å². The lowest BCUT2D eigenvalue weighted by Gasteiger charge is -2.28.